The molecule has 254 valence electrons. The fraction of sp³-hybridized carbons (Fsp3) is 0.333. The van der Waals surface area contributed by atoms with Gasteiger partial charge in [-0.2, -0.15) is 0 Å². The van der Waals surface area contributed by atoms with E-state index in [1.54, 1.807) is 38.1 Å². The quantitative estimate of drug-likeness (QED) is 0.157. The Balaban J connectivity index is 1.56. The predicted molar refractivity (Wildman–Crippen MR) is 175 cm³/mol. The molecule has 0 aliphatic heterocycles. The molecule has 0 spiro atoms. The van der Waals surface area contributed by atoms with Crippen molar-refractivity contribution in [2.75, 3.05) is 6.61 Å². The van der Waals surface area contributed by atoms with Crippen LogP contribution in [0.1, 0.15) is 56.2 Å². The second-order valence-electron chi connectivity index (χ2n) is 11.5. The summed E-state index contributed by atoms with van der Waals surface area (Å²) >= 11 is 0. The summed E-state index contributed by atoms with van der Waals surface area (Å²) in [4.78, 5) is 75.7. The summed E-state index contributed by atoms with van der Waals surface area (Å²) in [5.41, 5.74) is 2.50. The minimum absolute atomic E-state index is 0.00709. The molecule has 0 aromatic heterocycles. The van der Waals surface area contributed by atoms with Crippen molar-refractivity contribution < 1.29 is 43.3 Å². The van der Waals surface area contributed by atoms with Crippen molar-refractivity contribution in [3.05, 3.63) is 108 Å². The van der Waals surface area contributed by atoms with Crippen molar-refractivity contribution in [2.24, 2.45) is 5.92 Å². The molecule has 0 fully saturated rings. The summed E-state index contributed by atoms with van der Waals surface area (Å²) in [5.74, 6) is -5.16. The maximum Gasteiger partial charge on any atom is 0.408 e. The van der Waals surface area contributed by atoms with Crippen LogP contribution in [0.15, 0.2) is 91.0 Å². The Morgan fingerprint density at radius 1 is 0.667 bits per heavy atom. The number of nitrogens with one attached hydrogen (secondary N) is 3. The number of ketones is 1. The number of esters is 1. The number of aliphatic carboxylic acids is 1. The minimum Gasteiger partial charge on any atom is -0.481 e. The van der Waals surface area contributed by atoms with Crippen LogP contribution in [0.5, 0.6) is 0 Å². The van der Waals surface area contributed by atoms with Crippen molar-refractivity contribution in [1.29, 1.82) is 0 Å². The molecule has 4 N–H and O–H groups in total. The number of carbonyl (C=O) groups is 6. The Morgan fingerprint density at radius 2 is 1.21 bits per heavy atom. The van der Waals surface area contributed by atoms with Gasteiger partial charge in [-0.25, -0.2) is 4.79 Å². The number of carbonyl (C=O) groups excluding carboxylic acids is 5. The van der Waals surface area contributed by atoms with Crippen molar-refractivity contribution in [1.82, 2.24) is 16.0 Å². The number of hydrogen-bond acceptors (Lipinski definition) is 8. The number of Topliss-reactive ketones (excluding diaryl/α,β-unsaturated/α-hetero) is 1. The van der Waals surface area contributed by atoms with Crippen LogP contribution in [0.25, 0.3) is 0 Å². The van der Waals surface area contributed by atoms with Crippen molar-refractivity contribution >= 4 is 35.6 Å². The lowest BCUT2D eigenvalue weighted by Gasteiger charge is -2.24. The summed E-state index contributed by atoms with van der Waals surface area (Å²) < 4.78 is 10.4. The van der Waals surface area contributed by atoms with Crippen LogP contribution in [-0.2, 0) is 40.1 Å². The summed E-state index contributed by atoms with van der Waals surface area (Å²) in [6.07, 6.45) is -1.68. The lowest BCUT2D eigenvalue weighted by atomic mass is 9.89. The van der Waals surface area contributed by atoms with Gasteiger partial charge >= 0.3 is 18.0 Å². The molecule has 3 rings (SSSR count). The third kappa shape index (κ3) is 12.0. The van der Waals surface area contributed by atoms with E-state index in [9.17, 15) is 33.9 Å². The topological polar surface area (TPSA) is 177 Å². The molecule has 3 aromatic rings. The van der Waals surface area contributed by atoms with E-state index in [0.29, 0.717) is 0 Å². The number of hydrogen-bond donors (Lipinski definition) is 4. The largest absolute Gasteiger partial charge is 0.481 e. The van der Waals surface area contributed by atoms with Crippen molar-refractivity contribution in [3.63, 3.8) is 0 Å². The van der Waals surface area contributed by atoms with Gasteiger partial charge in [0.25, 0.3) is 0 Å². The van der Waals surface area contributed by atoms with Crippen LogP contribution < -0.4 is 16.0 Å². The highest BCUT2D eigenvalue weighted by Crippen LogP contribution is 2.28. The van der Waals surface area contributed by atoms with E-state index in [1.807, 2.05) is 66.7 Å². The molecule has 0 aliphatic rings. The van der Waals surface area contributed by atoms with Crippen LogP contribution in [0.2, 0.25) is 0 Å². The Kier molecular flexibility index (Phi) is 14.3. The smallest absolute Gasteiger partial charge is 0.408 e. The first-order valence-corrected chi connectivity index (χ1v) is 15.5. The fourth-order valence-electron chi connectivity index (χ4n) is 4.79. The van der Waals surface area contributed by atoms with Crippen LogP contribution >= 0.6 is 0 Å². The molecule has 3 atom stereocenters. The highest BCUT2D eigenvalue weighted by Gasteiger charge is 2.31. The van der Waals surface area contributed by atoms with Gasteiger partial charge in [-0.3, -0.25) is 24.0 Å². The predicted octanol–water partition coefficient (Wildman–Crippen LogP) is 3.74. The van der Waals surface area contributed by atoms with E-state index in [1.165, 1.54) is 6.92 Å². The minimum atomic E-state index is -1.53. The van der Waals surface area contributed by atoms with Crippen LogP contribution in [0.3, 0.4) is 0 Å². The normalized spacial score (nSPS) is 12.7. The Labute approximate surface area is 279 Å². The first-order valence-electron chi connectivity index (χ1n) is 15.5. The first-order chi connectivity index (χ1) is 22.9. The molecule has 12 nitrogen and oxygen atoms in total. The SMILES string of the molecule is CC(C)[C@H](NC(=O)OCc1ccccc1)C(=O)N[C@@H](C)C(=O)N[C@@H](CC(=O)O)C(=O)COC(=O)CC(c1ccccc1)c1ccccc1. The van der Waals surface area contributed by atoms with Gasteiger partial charge in [0.2, 0.25) is 11.8 Å². The molecule has 0 unspecified atom stereocenters. The molecule has 0 radical (unpaired) electrons. The third-order valence-electron chi connectivity index (χ3n) is 7.42. The van der Waals surface area contributed by atoms with Crippen LogP contribution in [-0.4, -0.2) is 65.5 Å². The Bertz CT molecular complexity index is 1490. The molecule has 0 saturated carbocycles. The Hall–Kier alpha value is -5.52. The number of carboxylic acid groups (broad SMARTS) is 1. The standard InChI is InChI=1S/C36H41N3O9/c1-23(2)33(39-36(46)48-21-25-13-7-4-8-14-25)35(45)37-24(3)34(44)38-29(20-31(41)42)30(40)22-47-32(43)19-28(26-15-9-5-10-16-26)27-17-11-6-12-18-27/h4-18,23-24,28-29,33H,19-22H2,1-3H3,(H,37,45)(H,38,44)(H,39,46)(H,41,42)/t24-,29-,33-/m0/s1. The molecule has 48 heavy (non-hydrogen) atoms. The molecule has 0 heterocycles. The fourth-order valence-corrected chi connectivity index (χ4v) is 4.79. The lowest BCUT2D eigenvalue weighted by molar-refractivity contribution is -0.149. The van der Waals surface area contributed by atoms with E-state index in [0.717, 1.165) is 16.7 Å². The summed E-state index contributed by atoms with van der Waals surface area (Å²) in [5, 5.41) is 16.7. The van der Waals surface area contributed by atoms with E-state index in [4.69, 9.17) is 9.47 Å². The average Bonchev–Trinajstić information content (AvgIpc) is 3.08. The third-order valence-corrected chi connectivity index (χ3v) is 7.42. The summed E-state index contributed by atoms with van der Waals surface area (Å²) in [6, 6.07) is 23.8. The monoisotopic (exact) mass is 659 g/mol. The zero-order chi connectivity index (χ0) is 35.1. The molecule has 12 heteroatoms. The van der Waals surface area contributed by atoms with E-state index >= 15 is 0 Å². The lowest BCUT2D eigenvalue weighted by Crippen LogP contribution is -2.56. The van der Waals surface area contributed by atoms with E-state index in [2.05, 4.69) is 16.0 Å². The number of carboxylic acids is 1. The van der Waals surface area contributed by atoms with Gasteiger partial charge in [0.05, 0.1) is 12.8 Å². The second kappa shape index (κ2) is 18.6. The average molecular weight is 660 g/mol. The highest BCUT2D eigenvalue weighted by atomic mass is 16.5. The summed E-state index contributed by atoms with van der Waals surface area (Å²) in [6.45, 7) is 3.95. The van der Waals surface area contributed by atoms with Gasteiger partial charge in [-0.05, 0) is 29.5 Å². The van der Waals surface area contributed by atoms with Gasteiger partial charge in [-0.15, -0.1) is 0 Å². The number of amides is 3. The van der Waals surface area contributed by atoms with Gasteiger partial charge in [0.15, 0.2) is 12.4 Å². The molecule has 0 saturated heterocycles. The number of ether oxygens (including phenoxy) is 2. The van der Waals surface area contributed by atoms with Gasteiger partial charge in [0, 0.05) is 5.92 Å². The zero-order valence-electron chi connectivity index (χ0n) is 27.1. The molecule has 0 aliphatic carbocycles. The first kappa shape index (κ1) is 36.9. The maximum absolute atomic E-state index is 13.0. The zero-order valence-corrected chi connectivity index (χ0v) is 27.1. The highest BCUT2D eigenvalue weighted by molar-refractivity contribution is 5.96. The van der Waals surface area contributed by atoms with Gasteiger partial charge in [-0.1, -0.05) is 105 Å². The molecular formula is C36H41N3O9. The second-order valence-corrected chi connectivity index (χ2v) is 11.5. The molecular weight excluding hydrogens is 618 g/mol. The molecule has 3 aromatic carbocycles. The number of alkyl carbamates (subject to hydrolysis) is 1. The van der Waals surface area contributed by atoms with E-state index in [-0.39, 0.29) is 24.9 Å². The van der Waals surface area contributed by atoms with Crippen molar-refractivity contribution in [3.8, 4) is 0 Å². The van der Waals surface area contributed by atoms with Gasteiger partial charge < -0.3 is 30.5 Å². The summed E-state index contributed by atoms with van der Waals surface area (Å²) in [7, 11) is 0. The van der Waals surface area contributed by atoms with Crippen LogP contribution in [0.4, 0.5) is 4.79 Å². The molecule has 0 bridgehead atoms. The van der Waals surface area contributed by atoms with Crippen LogP contribution in [0, 0.1) is 5.92 Å². The number of rotatable bonds is 17. The maximum atomic E-state index is 13.0. The molecule has 3 amide bonds. The van der Waals surface area contributed by atoms with Gasteiger partial charge in [0.1, 0.15) is 24.7 Å². The van der Waals surface area contributed by atoms with Crippen molar-refractivity contribution in [2.45, 2.75) is 64.3 Å². The number of benzene rings is 3. The van der Waals surface area contributed by atoms with E-state index < -0.39 is 66.8 Å². The Morgan fingerprint density at radius 3 is 1.73 bits per heavy atom.